The summed E-state index contributed by atoms with van der Waals surface area (Å²) in [4.78, 5) is 16.2. The maximum Gasteiger partial charge on any atom is 0.308 e. The Morgan fingerprint density at radius 3 is 2.43 bits per heavy atom. The van der Waals surface area contributed by atoms with Crippen LogP contribution in [0.4, 0.5) is 0 Å². The molecular formula is C21H34IN3O3. The molecule has 0 aliphatic heterocycles. The average molecular weight is 503 g/mol. The van der Waals surface area contributed by atoms with Gasteiger partial charge in [-0.3, -0.25) is 9.79 Å². The maximum absolute atomic E-state index is 11.9. The minimum absolute atomic E-state index is 0. The van der Waals surface area contributed by atoms with Gasteiger partial charge < -0.3 is 20.1 Å². The summed E-state index contributed by atoms with van der Waals surface area (Å²) < 4.78 is 11.2. The van der Waals surface area contributed by atoms with Crippen LogP contribution in [-0.4, -0.2) is 44.3 Å². The zero-order valence-electron chi connectivity index (χ0n) is 17.1. The van der Waals surface area contributed by atoms with Gasteiger partial charge in [0.15, 0.2) is 5.96 Å². The number of para-hydroxylation sites is 1. The van der Waals surface area contributed by atoms with E-state index in [9.17, 15) is 4.79 Å². The van der Waals surface area contributed by atoms with Crippen LogP contribution in [0.2, 0.25) is 0 Å². The van der Waals surface area contributed by atoms with Crippen molar-refractivity contribution in [2.75, 3.05) is 20.2 Å². The Kier molecular flexibility index (Phi) is 11.9. The van der Waals surface area contributed by atoms with E-state index in [2.05, 4.69) is 22.5 Å². The highest BCUT2D eigenvalue weighted by atomic mass is 127. The number of carbonyl (C=O) groups excluding carboxylic acids is 1. The third kappa shape index (κ3) is 8.24. The molecule has 0 aromatic heterocycles. The van der Waals surface area contributed by atoms with Crippen LogP contribution >= 0.6 is 24.0 Å². The quantitative estimate of drug-likeness (QED) is 0.245. The molecule has 2 N–H and O–H groups in total. The van der Waals surface area contributed by atoms with Crippen LogP contribution in [0.1, 0.15) is 46.0 Å². The summed E-state index contributed by atoms with van der Waals surface area (Å²) >= 11 is 0. The van der Waals surface area contributed by atoms with Gasteiger partial charge in [-0.15, -0.1) is 24.0 Å². The number of benzene rings is 1. The van der Waals surface area contributed by atoms with Crippen LogP contribution < -0.4 is 15.4 Å². The van der Waals surface area contributed by atoms with E-state index in [0.717, 1.165) is 43.8 Å². The molecule has 1 saturated carbocycles. The molecule has 1 unspecified atom stereocenters. The van der Waals surface area contributed by atoms with Crippen LogP contribution in [0.15, 0.2) is 35.3 Å². The molecule has 1 fully saturated rings. The minimum atomic E-state index is -0.0534. The lowest BCUT2D eigenvalue weighted by Crippen LogP contribution is -2.47. The highest BCUT2D eigenvalue weighted by Crippen LogP contribution is 2.25. The molecule has 6 nitrogen and oxygen atoms in total. The Hall–Kier alpha value is -1.51. The maximum atomic E-state index is 11.9. The number of carbonyl (C=O) groups is 1. The Morgan fingerprint density at radius 1 is 1.18 bits per heavy atom. The number of guanidine groups is 1. The molecule has 2 rings (SSSR count). The van der Waals surface area contributed by atoms with E-state index in [-0.39, 0.29) is 42.0 Å². The van der Waals surface area contributed by atoms with Crippen molar-refractivity contribution in [1.29, 1.82) is 0 Å². The lowest BCUT2D eigenvalue weighted by atomic mass is 9.86. The van der Waals surface area contributed by atoms with Gasteiger partial charge in [-0.05, 0) is 51.2 Å². The van der Waals surface area contributed by atoms with Crippen LogP contribution in [-0.2, 0) is 9.53 Å². The van der Waals surface area contributed by atoms with Crippen molar-refractivity contribution in [2.24, 2.45) is 10.9 Å². The number of aliphatic imine (C=N–C) groups is 1. The van der Waals surface area contributed by atoms with Gasteiger partial charge >= 0.3 is 5.97 Å². The number of hydrogen-bond donors (Lipinski definition) is 2. The number of ether oxygens (including phenoxy) is 2. The van der Waals surface area contributed by atoms with Gasteiger partial charge in [0.05, 0.1) is 19.1 Å². The van der Waals surface area contributed by atoms with Crippen molar-refractivity contribution in [3.8, 4) is 5.75 Å². The van der Waals surface area contributed by atoms with E-state index in [1.165, 1.54) is 0 Å². The third-order valence-corrected chi connectivity index (χ3v) is 4.91. The summed E-state index contributed by atoms with van der Waals surface area (Å²) in [6, 6.07) is 10.2. The van der Waals surface area contributed by atoms with Crippen LogP contribution in [0, 0.1) is 5.92 Å². The van der Waals surface area contributed by atoms with Gasteiger partial charge in [0, 0.05) is 13.1 Å². The summed E-state index contributed by atoms with van der Waals surface area (Å²) in [6.45, 7) is 5.11. The van der Waals surface area contributed by atoms with E-state index in [4.69, 9.17) is 9.47 Å². The van der Waals surface area contributed by atoms with Crippen molar-refractivity contribution in [1.82, 2.24) is 10.6 Å². The molecule has 0 bridgehead atoms. The first-order chi connectivity index (χ1) is 13.2. The second kappa shape index (κ2) is 13.6. The van der Waals surface area contributed by atoms with Crippen molar-refractivity contribution < 1.29 is 14.3 Å². The van der Waals surface area contributed by atoms with Crippen molar-refractivity contribution in [2.45, 2.75) is 58.1 Å². The molecule has 0 heterocycles. The molecule has 1 aromatic rings. The number of hydrogen-bond acceptors (Lipinski definition) is 4. The first-order valence-electron chi connectivity index (χ1n) is 10.0. The Labute approximate surface area is 185 Å². The highest BCUT2D eigenvalue weighted by Gasteiger charge is 2.27. The van der Waals surface area contributed by atoms with E-state index >= 15 is 0 Å². The van der Waals surface area contributed by atoms with Gasteiger partial charge in [0.25, 0.3) is 0 Å². The molecular weight excluding hydrogens is 469 g/mol. The van der Waals surface area contributed by atoms with Gasteiger partial charge in [0.1, 0.15) is 11.9 Å². The van der Waals surface area contributed by atoms with Crippen LogP contribution in [0.25, 0.3) is 0 Å². The number of nitrogens with one attached hydrogen (secondary N) is 2. The number of esters is 1. The average Bonchev–Trinajstić information content (AvgIpc) is 2.71. The van der Waals surface area contributed by atoms with Crippen LogP contribution in [0.5, 0.6) is 5.75 Å². The second-order valence-electron chi connectivity index (χ2n) is 6.86. The standard InChI is InChI=1S/C21H33N3O3.HI/c1-4-18(27-19-9-7-6-8-10-19)15-23-21(22-3)24-17-13-11-16(12-14-17)20(25)26-5-2;/h6-10,16-18H,4-5,11-15H2,1-3H3,(H2,22,23,24);1H. The minimum Gasteiger partial charge on any atom is -0.489 e. The fourth-order valence-corrected chi connectivity index (χ4v) is 3.29. The van der Waals surface area contributed by atoms with Gasteiger partial charge in [-0.1, -0.05) is 25.1 Å². The largest absolute Gasteiger partial charge is 0.489 e. The molecule has 28 heavy (non-hydrogen) atoms. The predicted molar refractivity (Wildman–Crippen MR) is 123 cm³/mol. The topological polar surface area (TPSA) is 72.0 Å². The van der Waals surface area contributed by atoms with E-state index < -0.39 is 0 Å². The summed E-state index contributed by atoms with van der Waals surface area (Å²) in [7, 11) is 1.78. The summed E-state index contributed by atoms with van der Waals surface area (Å²) in [5.41, 5.74) is 0. The molecule has 158 valence electrons. The molecule has 1 aromatic carbocycles. The molecule has 0 spiro atoms. The third-order valence-electron chi connectivity index (χ3n) is 4.91. The van der Waals surface area contributed by atoms with Crippen LogP contribution in [0.3, 0.4) is 0 Å². The lowest BCUT2D eigenvalue weighted by molar-refractivity contribution is -0.149. The molecule has 0 saturated heterocycles. The van der Waals surface area contributed by atoms with E-state index in [1.54, 1.807) is 7.05 Å². The van der Waals surface area contributed by atoms with E-state index in [1.807, 2.05) is 37.3 Å². The first-order valence-corrected chi connectivity index (χ1v) is 10.0. The molecule has 1 aliphatic carbocycles. The first kappa shape index (κ1) is 24.5. The van der Waals surface area contributed by atoms with Gasteiger partial charge in [0.2, 0.25) is 0 Å². The second-order valence-corrected chi connectivity index (χ2v) is 6.86. The van der Waals surface area contributed by atoms with Gasteiger partial charge in [-0.2, -0.15) is 0 Å². The summed E-state index contributed by atoms with van der Waals surface area (Å²) in [5.74, 6) is 1.65. The highest BCUT2D eigenvalue weighted by molar-refractivity contribution is 14.0. The number of halogens is 1. The van der Waals surface area contributed by atoms with Crippen molar-refractivity contribution in [3.63, 3.8) is 0 Å². The Bertz CT molecular complexity index is 590. The molecule has 0 amide bonds. The molecule has 1 aliphatic rings. The Morgan fingerprint density at radius 2 is 1.86 bits per heavy atom. The SMILES string of the molecule is CCOC(=O)C1CCC(NC(=NC)NCC(CC)Oc2ccccc2)CC1.I. The monoisotopic (exact) mass is 503 g/mol. The van der Waals surface area contributed by atoms with Gasteiger partial charge in [-0.25, -0.2) is 0 Å². The smallest absolute Gasteiger partial charge is 0.308 e. The number of nitrogens with zero attached hydrogens (tertiary/aromatic N) is 1. The Balaban J connectivity index is 0.00000392. The zero-order chi connectivity index (χ0) is 19.5. The fraction of sp³-hybridized carbons (Fsp3) is 0.619. The van der Waals surface area contributed by atoms with Crippen molar-refractivity contribution in [3.05, 3.63) is 30.3 Å². The molecule has 7 heteroatoms. The normalized spacial score (nSPS) is 20.5. The summed E-state index contributed by atoms with van der Waals surface area (Å²) in [6.07, 6.45) is 4.60. The number of rotatable bonds is 8. The molecule has 1 atom stereocenters. The van der Waals surface area contributed by atoms with E-state index in [0.29, 0.717) is 19.2 Å². The predicted octanol–water partition coefficient (Wildman–Crippen LogP) is 3.75. The lowest BCUT2D eigenvalue weighted by Gasteiger charge is -2.29. The van der Waals surface area contributed by atoms with Crippen molar-refractivity contribution >= 4 is 35.9 Å². The molecule has 0 radical (unpaired) electrons. The fourth-order valence-electron chi connectivity index (χ4n) is 3.29. The summed E-state index contributed by atoms with van der Waals surface area (Å²) in [5, 5.41) is 6.84. The zero-order valence-corrected chi connectivity index (χ0v) is 19.5.